The molecule has 136 valence electrons. The molecular formula is C17H25IN6O. The summed E-state index contributed by atoms with van der Waals surface area (Å²) in [6.07, 6.45) is 2.85. The number of benzene rings is 1. The predicted octanol–water partition coefficient (Wildman–Crippen LogP) is 1.93. The van der Waals surface area contributed by atoms with E-state index in [2.05, 4.69) is 32.5 Å². The highest BCUT2D eigenvalue weighted by molar-refractivity contribution is 14.0. The minimum atomic E-state index is 0. The fourth-order valence-corrected chi connectivity index (χ4v) is 2.93. The maximum absolute atomic E-state index is 5.45. The number of para-hydroxylation sites is 1. The molecule has 0 bridgehead atoms. The summed E-state index contributed by atoms with van der Waals surface area (Å²) in [5.74, 6) is 2.27. The molecule has 0 amide bonds. The molecule has 1 atom stereocenters. The first-order valence-electron chi connectivity index (χ1n) is 8.21. The molecule has 7 nitrogen and oxygen atoms in total. The Morgan fingerprint density at radius 3 is 2.88 bits per heavy atom. The van der Waals surface area contributed by atoms with Gasteiger partial charge in [-0.1, -0.05) is 18.2 Å². The Balaban J connectivity index is 0.00000225. The summed E-state index contributed by atoms with van der Waals surface area (Å²) in [5.41, 5.74) is 1.05. The van der Waals surface area contributed by atoms with Crippen LogP contribution in [0.25, 0.3) is 5.69 Å². The zero-order valence-corrected chi connectivity index (χ0v) is 17.0. The monoisotopic (exact) mass is 456 g/mol. The van der Waals surface area contributed by atoms with Gasteiger partial charge in [-0.2, -0.15) is 0 Å². The molecule has 1 unspecified atom stereocenters. The molecule has 0 aliphatic carbocycles. The molecule has 3 rings (SSSR count). The Morgan fingerprint density at radius 2 is 2.20 bits per heavy atom. The summed E-state index contributed by atoms with van der Waals surface area (Å²) in [6, 6.07) is 10.1. The zero-order chi connectivity index (χ0) is 16.8. The highest BCUT2D eigenvalue weighted by Gasteiger charge is 2.19. The fraction of sp³-hybridized carbons (Fsp3) is 0.471. The minimum Gasteiger partial charge on any atom is -0.381 e. The summed E-state index contributed by atoms with van der Waals surface area (Å²) < 4.78 is 7.42. The number of aromatic nitrogens is 3. The molecule has 1 aromatic carbocycles. The van der Waals surface area contributed by atoms with Crippen LogP contribution in [0.15, 0.2) is 41.7 Å². The number of halogens is 1. The lowest BCUT2D eigenvalue weighted by molar-refractivity contribution is 0.181. The van der Waals surface area contributed by atoms with Gasteiger partial charge in [0.05, 0.1) is 13.2 Å². The number of aliphatic imine (C=N–C) groups is 1. The van der Waals surface area contributed by atoms with Crippen LogP contribution in [0, 0.1) is 5.92 Å². The molecule has 1 aliphatic rings. The van der Waals surface area contributed by atoms with Crippen LogP contribution in [0.5, 0.6) is 0 Å². The maximum atomic E-state index is 5.45. The maximum Gasteiger partial charge on any atom is 0.193 e. The van der Waals surface area contributed by atoms with E-state index in [-0.39, 0.29) is 24.0 Å². The average Bonchev–Trinajstić information content (AvgIpc) is 3.28. The Hall–Kier alpha value is -1.68. The Kier molecular flexibility index (Phi) is 7.63. The minimum absolute atomic E-state index is 0. The van der Waals surface area contributed by atoms with Crippen molar-refractivity contribution in [3.63, 3.8) is 0 Å². The number of ether oxygens (including phenoxy) is 1. The van der Waals surface area contributed by atoms with Gasteiger partial charge in [0.25, 0.3) is 0 Å². The Morgan fingerprint density at radius 1 is 1.40 bits per heavy atom. The van der Waals surface area contributed by atoms with E-state index in [4.69, 9.17) is 4.74 Å². The van der Waals surface area contributed by atoms with Crippen molar-refractivity contribution < 1.29 is 4.74 Å². The molecule has 1 aliphatic heterocycles. The summed E-state index contributed by atoms with van der Waals surface area (Å²) in [5, 5.41) is 11.6. The van der Waals surface area contributed by atoms with Gasteiger partial charge < -0.3 is 15.0 Å². The first kappa shape index (κ1) is 19.6. The number of nitrogens with zero attached hydrogens (tertiary/aromatic N) is 5. The fourth-order valence-electron chi connectivity index (χ4n) is 2.93. The van der Waals surface area contributed by atoms with E-state index in [1.165, 1.54) is 0 Å². The van der Waals surface area contributed by atoms with Crippen LogP contribution in [0.1, 0.15) is 12.2 Å². The van der Waals surface area contributed by atoms with Crippen molar-refractivity contribution in [1.82, 2.24) is 25.0 Å². The van der Waals surface area contributed by atoms with Gasteiger partial charge in [0.1, 0.15) is 6.33 Å². The molecule has 1 fully saturated rings. The molecule has 0 spiro atoms. The third-order valence-corrected chi connectivity index (χ3v) is 4.19. The van der Waals surface area contributed by atoms with Crippen LogP contribution >= 0.6 is 24.0 Å². The topological polar surface area (TPSA) is 67.6 Å². The van der Waals surface area contributed by atoms with Gasteiger partial charge in [0, 0.05) is 38.9 Å². The van der Waals surface area contributed by atoms with Gasteiger partial charge in [-0.3, -0.25) is 9.56 Å². The smallest absolute Gasteiger partial charge is 0.193 e. The van der Waals surface area contributed by atoms with Gasteiger partial charge in [0.2, 0.25) is 0 Å². The van der Waals surface area contributed by atoms with E-state index >= 15 is 0 Å². The van der Waals surface area contributed by atoms with Gasteiger partial charge in [0.15, 0.2) is 11.8 Å². The number of rotatable bonds is 5. The quantitative estimate of drug-likeness (QED) is 0.423. The van der Waals surface area contributed by atoms with Gasteiger partial charge in [-0.05, 0) is 18.6 Å². The number of nitrogens with one attached hydrogen (secondary N) is 1. The predicted molar refractivity (Wildman–Crippen MR) is 109 cm³/mol. The summed E-state index contributed by atoms with van der Waals surface area (Å²) in [6.45, 7) is 3.20. The largest absolute Gasteiger partial charge is 0.381 e. The van der Waals surface area contributed by atoms with Crippen molar-refractivity contribution in [2.24, 2.45) is 10.9 Å². The van der Waals surface area contributed by atoms with Gasteiger partial charge in [-0.25, -0.2) is 0 Å². The molecule has 2 heterocycles. The lowest BCUT2D eigenvalue weighted by Crippen LogP contribution is -2.41. The van der Waals surface area contributed by atoms with Gasteiger partial charge in [-0.15, -0.1) is 34.2 Å². The lowest BCUT2D eigenvalue weighted by Gasteiger charge is -2.24. The van der Waals surface area contributed by atoms with Gasteiger partial charge >= 0.3 is 0 Å². The highest BCUT2D eigenvalue weighted by Crippen LogP contribution is 2.13. The second-order valence-corrected chi connectivity index (χ2v) is 5.96. The van der Waals surface area contributed by atoms with Crippen LogP contribution in [0.3, 0.4) is 0 Å². The first-order valence-corrected chi connectivity index (χ1v) is 8.21. The summed E-state index contributed by atoms with van der Waals surface area (Å²) in [4.78, 5) is 6.51. The van der Waals surface area contributed by atoms with E-state index < -0.39 is 0 Å². The third-order valence-electron chi connectivity index (χ3n) is 4.19. The third kappa shape index (κ3) is 5.15. The van der Waals surface area contributed by atoms with Crippen LogP contribution in [-0.2, 0) is 11.3 Å². The van der Waals surface area contributed by atoms with Crippen molar-refractivity contribution in [2.75, 3.05) is 33.9 Å². The van der Waals surface area contributed by atoms with Crippen LogP contribution in [0.2, 0.25) is 0 Å². The first-order chi connectivity index (χ1) is 11.8. The number of guanidine groups is 1. The van der Waals surface area contributed by atoms with Crippen molar-refractivity contribution in [3.8, 4) is 5.69 Å². The average molecular weight is 456 g/mol. The zero-order valence-electron chi connectivity index (χ0n) is 14.6. The normalized spacial score (nSPS) is 17.2. The van der Waals surface area contributed by atoms with E-state index in [9.17, 15) is 0 Å². The van der Waals surface area contributed by atoms with Crippen LogP contribution < -0.4 is 5.32 Å². The van der Waals surface area contributed by atoms with Crippen LogP contribution in [-0.4, -0.2) is 59.5 Å². The molecule has 1 N–H and O–H groups in total. The molecule has 25 heavy (non-hydrogen) atoms. The van der Waals surface area contributed by atoms with Crippen molar-refractivity contribution in [1.29, 1.82) is 0 Å². The summed E-state index contributed by atoms with van der Waals surface area (Å²) in [7, 11) is 3.85. The molecule has 1 saturated heterocycles. The summed E-state index contributed by atoms with van der Waals surface area (Å²) >= 11 is 0. The molecule has 0 radical (unpaired) electrons. The van der Waals surface area contributed by atoms with E-state index in [0.29, 0.717) is 12.5 Å². The SMILES string of the molecule is CN=C(NCc1nncn1-c1ccccc1)N(C)CC1CCOC1.I. The molecule has 8 heteroatoms. The van der Waals surface area contributed by atoms with E-state index in [0.717, 1.165) is 43.7 Å². The van der Waals surface area contributed by atoms with Crippen molar-refractivity contribution in [2.45, 2.75) is 13.0 Å². The van der Waals surface area contributed by atoms with Crippen LogP contribution in [0.4, 0.5) is 0 Å². The number of hydrogen-bond acceptors (Lipinski definition) is 4. The standard InChI is InChI=1S/C17H24N6O.HI/c1-18-17(22(2)11-14-8-9-24-12-14)19-10-16-21-20-13-23(16)15-6-4-3-5-7-15;/h3-7,13-14H,8-12H2,1-2H3,(H,18,19);1H. The highest BCUT2D eigenvalue weighted by atomic mass is 127. The van der Waals surface area contributed by atoms with E-state index in [1.807, 2.05) is 34.9 Å². The second-order valence-electron chi connectivity index (χ2n) is 5.96. The number of hydrogen-bond donors (Lipinski definition) is 1. The molecule has 1 aromatic heterocycles. The Labute approximate surface area is 165 Å². The van der Waals surface area contributed by atoms with Crippen molar-refractivity contribution >= 4 is 29.9 Å². The van der Waals surface area contributed by atoms with E-state index in [1.54, 1.807) is 13.4 Å². The second kappa shape index (κ2) is 9.71. The Bertz CT molecular complexity index is 669. The lowest BCUT2D eigenvalue weighted by atomic mass is 10.1. The van der Waals surface area contributed by atoms with Crippen molar-refractivity contribution in [3.05, 3.63) is 42.5 Å². The molecule has 0 saturated carbocycles. The molecule has 2 aromatic rings. The molecular weight excluding hydrogens is 431 g/mol.